The average Bonchev–Trinajstić information content (AvgIpc) is 2.89. The first kappa shape index (κ1) is 15.7. The summed E-state index contributed by atoms with van der Waals surface area (Å²) in [5.74, 6) is -1.00. The Balaban J connectivity index is 1.73. The molecule has 0 radical (unpaired) electrons. The lowest BCUT2D eigenvalue weighted by Crippen LogP contribution is -2.45. The highest BCUT2D eigenvalue weighted by molar-refractivity contribution is 7.22. The third-order valence-electron chi connectivity index (χ3n) is 3.99. The molecule has 1 saturated heterocycles. The van der Waals surface area contributed by atoms with Gasteiger partial charge in [0.15, 0.2) is 5.13 Å². The van der Waals surface area contributed by atoms with Crippen LogP contribution in [0.2, 0.25) is 0 Å². The fraction of sp³-hybridized carbons (Fsp3) is 0.400. The van der Waals surface area contributed by atoms with Gasteiger partial charge in [0.05, 0.1) is 16.1 Å². The quantitative estimate of drug-likeness (QED) is 0.883. The maximum absolute atomic E-state index is 13.6. The zero-order valence-electron chi connectivity index (χ0n) is 12.6. The number of benzene rings is 1. The number of anilines is 1. The van der Waals surface area contributed by atoms with Gasteiger partial charge < -0.3 is 10.6 Å². The fourth-order valence-electron chi connectivity index (χ4n) is 2.67. The summed E-state index contributed by atoms with van der Waals surface area (Å²) < 4.78 is 14.4. The number of fused-ring (bicyclic) bond motifs is 1. The number of carbonyl (C=O) groups is 2. The minimum absolute atomic E-state index is 0.304. The van der Waals surface area contributed by atoms with Crippen LogP contribution in [0.5, 0.6) is 0 Å². The lowest BCUT2D eigenvalue weighted by Gasteiger charge is -2.30. The highest BCUT2D eigenvalue weighted by Crippen LogP contribution is 2.28. The van der Waals surface area contributed by atoms with Crippen molar-refractivity contribution < 1.29 is 14.0 Å². The zero-order valence-corrected chi connectivity index (χ0v) is 13.5. The Labute approximate surface area is 136 Å². The highest BCUT2D eigenvalue weighted by Gasteiger charge is 2.27. The predicted octanol–water partition coefficient (Wildman–Crippen LogP) is 2.47. The molecule has 1 aliphatic rings. The van der Waals surface area contributed by atoms with Crippen molar-refractivity contribution in [1.29, 1.82) is 0 Å². The van der Waals surface area contributed by atoms with Crippen molar-refractivity contribution in [2.45, 2.75) is 19.8 Å². The van der Waals surface area contributed by atoms with Gasteiger partial charge in [-0.1, -0.05) is 11.3 Å². The van der Waals surface area contributed by atoms with Crippen LogP contribution in [-0.2, 0) is 4.79 Å². The summed E-state index contributed by atoms with van der Waals surface area (Å²) in [4.78, 5) is 29.4. The molecule has 0 saturated carbocycles. The molecule has 1 aromatic heterocycles. The Kier molecular flexibility index (Phi) is 4.16. The van der Waals surface area contributed by atoms with E-state index in [1.165, 1.54) is 17.4 Å². The van der Waals surface area contributed by atoms with E-state index >= 15 is 0 Å². The predicted molar refractivity (Wildman–Crippen MR) is 86.8 cm³/mol. The summed E-state index contributed by atoms with van der Waals surface area (Å²) in [5, 5.41) is 3.13. The Hall–Kier alpha value is -2.22. The van der Waals surface area contributed by atoms with E-state index in [0.717, 1.165) is 11.1 Å². The number of aromatic nitrogens is 1. The van der Waals surface area contributed by atoms with Crippen molar-refractivity contribution in [3.63, 3.8) is 0 Å². The van der Waals surface area contributed by atoms with E-state index in [0.29, 0.717) is 35.7 Å². The third kappa shape index (κ3) is 3.26. The number of carbonyl (C=O) groups excluding carboxylic acids is 2. The molecule has 23 heavy (non-hydrogen) atoms. The third-order valence-corrected chi connectivity index (χ3v) is 4.93. The first-order valence-corrected chi connectivity index (χ1v) is 8.17. The standard InChI is InChI=1S/C15H17FN4O2S/c1-8-5-12-11(6-10(8)16)18-14(23-12)19-15(22)20-4-2-3-9(7-20)13(17)21/h5-6,9H,2-4,7H2,1H3,(H2,17,21)(H,18,19,22). The molecule has 8 heteroatoms. The number of likely N-dealkylation sites (tertiary alicyclic amines) is 1. The van der Waals surface area contributed by atoms with Gasteiger partial charge >= 0.3 is 6.03 Å². The Morgan fingerprint density at radius 1 is 1.48 bits per heavy atom. The van der Waals surface area contributed by atoms with Gasteiger partial charge in [-0.25, -0.2) is 14.2 Å². The number of piperidine rings is 1. The van der Waals surface area contributed by atoms with Crippen LogP contribution in [0.25, 0.3) is 10.2 Å². The van der Waals surface area contributed by atoms with Gasteiger partial charge in [0.2, 0.25) is 5.91 Å². The second kappa shape index (κ2) is 6.11. The van der Waals surface area contributed by atoms with Crippen LogP contribution >= 0.6 is 11.3 Å². The monoisotopic (exact) mass is 336 g/mol. The normalized spacial score (nSPS) is 18.2. The van der Waals surface area contributed by atoms with Crippen LogP contribution in [0.15, 0.2) is 12.1 Å². The number of nitrogens with one attached hydrogen (secondary N) is 1. The van der Waals surface area contributed by atoms with E-state index in [2.05, 4.69) is 10.3 Å². The summed E-state index contributed by atoms with van der Waals surface area (Å²) in [5.41, 5.74) is 6.38. The van der Waals surface area contributed by atoms with Crippen molar-refractivity contribution in [2.24, 2.45) is 11.7 Å². The molecule has 2 heterocycles. The van der Waals surface area contributed by atoms with Crippen LogP contribution < -0.4 is 11.1 Å². The van der Waals surface area contributed by atoms with Gasteiger partial charge in [0.1, 0.15) is 5.82 Å². The molecule has 0 bridgehead atoms. The van der Waals surface area contributed by atoms with E-state index < -0.39 is 0 Å². The van der Waals surface area contributed by atoms with E-state index in [9.17, 15) is 14.0 Å². The molecule has 1 aliphatic heterocycles. The Morgan fingerprint density at radius 2 is 2.26 bits per heavy atom. The summed E-state index contributed by atoms with van der Waals surface area (Å²) in [7, 11) is 0. The number of primary amides is 1. The molecular weight excluding hydrogens is 319 g/mol. The Morgan fingerprint density at radius 3 is 3.00 bits per heavy atom. The molecule has 1 atom stereocenters. The van der Waals surface area contributed by atoms with E-state index in [4.69, 9.17) is 5.73 Å². The summed E-state index contributed by atoms with van der Waals surface area (Å²) >= 11 is 1.29. The number of rotatable bonds is 2. The SMILES string of the molecule is Cc1cc2sc(NC(=O)N3CCCC(C(N)=O)C3)nc2cc1F. The van der Waals surface area contributed by atoms with Crippen molar-refractivity contribution in [2.75, 3.05) is 18.4 Å². The van der Waals surface area contributed by atoms with Crippen LogP contribution in [-0.4, -0.2) is 34.9 Å². The van der Waals surface area contributed by atoms with E-state index in [-0.39, 0.29) is 23.7 Å². The minimum Gasteiger partial charge on any atom is -0.369 e. The van der Waals surface area contributed by atoms with Gasteiger partial charge in [-0.15, -0.1) is 0 Å². The second-order valence-electron chi connectivity index (χ2n) is 5.71. The highest BCUT2D eigenvalue weighted by atomic mass is 32.1. The summed E-state index contributed by atoms with van der Waals surface area (Å²) in [6, 6.07) is 2.76. The molecule has 6 nitrogen and oxygen atoms in total. The molecular formula is C15H17FN4O2S. The number of thiazole rings is 1. The van der Waals surface area contributed by atoms with E-state index in [1.807, 2.05) is 0 Å². The van der Waals surface area contributed by atoms with Gasteiger partial charge in [0.25, 0.3) is 0 Å². The molecule has 3 N–H and O–H groups in total. The second-order valence-corrected chi connectivity index (χ2v) is 6.74. The van der Waals surface area contributed by atoms with Crippen molar-refractivity contribution in [3.8, 4) is 0 Å². The van der Waals surface area contributed by atoms with E-state index in [1.54, 1.807) is 17.9 Å². The Bertz CT molecular complexity index is 737. The molecule has 2 aromatic rings. The average molecular weight is 336 g/mol. The molecule has 3 amide bonds. The number of urea groups is 1. The number of hydrogen-bond donors (Lipinski definition) is 2. The smallest absolute Gasteiger partial charge is 0.323 e. The molecule has 0 spiro atoms. The minimum atomic E-state index is -0.381. The summed E-state index contributed by atoms with van der Waals surface area (Å²) in [6.07, 6.45) is 1.45. The molecule has 1 unspecified atom stereocenters. The number of nitrogens with zero attached hydrogens (tertiary/aromatic N) is 2. The van der Waals surface area contributed by atoms with Crippen molar-refractivity contribution >= 4 is 38.6 Å². The van der Waals surface area contributed by atoms with Gasteiger partial charge in [0, 0.05) is 19.2 Å². The van der Waals surface area contributed by atoms with Crippen LogP contribution in [0.4, 0.5) is 14.3 Å². The topological polar surface area (TPSA) is 88.3 Å². The van der Waals surface area contributed by atoms with Crippen LogP contribution in [0.1, 0.15) is 18.4 Å². The lowest BCUT2D eigenvalue weighted by atomic mass is 9.98. The fourth-order valence-corrected chi connectivity index (χ4v) is 3.60. The van der Waals surface area contributed by atoms with Crippen molar-refractivity contribution in [3.05, 3.63) is 23.5 Å². The number of aryl methyl sites for hydroxylation is 1. The lowest BCUT2D eigenvalue weighted by molar-refractivity contribution is -0.123. The maximum Gasteiger partial charge on any atom is 0.323 e. The van der Waals surface area contributed by atoms with Crippen molar-refractivity contribution in [1.82, 2.24) is 9.88 Å². The van der Waals surface area contributed by atoms with Gasteiger partial charge in [-0.05, 0) is 31.4 Å². The molecule has 1 aromatic carbocycles. The molecule has 122 valence electrons. The van der Waals surface area contributed by atoms with Crippen LogP contribution in [0.3, 0.4) is 0 Å². The van der Waals surface area contributed by atoms with Crippen LogP contribution in [0, 0.1) is 18.7 Å². The molecule has 1 fully saturated rings. The number of nitrogens with two attached hydrogens (primary N) is 1. The summed E-state index contributed by atoms with van der Waals surface area (Å²) in [6.45, 7) is 2.58. The van der Waals surface area contributed by atoms with Gasteiger partial charge in [-0.3, -0.25) is 10.1 Å². The first-order chi connectivity index (χ1) is 10.9. The zero-order chi connectivity index (χ0) is 16.6. The number of halogens is 1. The maximum atomic E-state index is 13.6. The molecule has 0 aliphatic carbocycles. The molecule has 3 rings (SSSR count). The number of amides is 3. The largest absolute Gasteiger partial charge is 0.369 e. The number of hydrogen-bond acceptors (Lipinski definition) is 4. The van der Waals surface area contributed by atoms with Gasteiger partial charge in [-0.2, -0.15) is 0 Å². The first-order valence-electron chi connectivity index (χ1n) is 7.36.